The Morgan fingerprint density at radius 2 is 1.52 bits per heavy atom. The summed E-state index contributed by atoms with van der Waals surface area (Å²) < 4.78 is 0. The summed E-state index contributed by atoms with van der Waals surface area (Å²) in [5.41, 5.74) is 3.42. The predicted molar refractivity (Wildman–Crippen MR) is 95.4 cm³/mol. The summed E-state index contributed by atoms with van der Waals surface area (Å²) >= 11 is 0. The molecule has 1 N–H and O–H groups in total. The van der Waals surface area contributed by atoms with Crippen LogP contribution in [0.4, 0.5) is 5.69 Å². The highest BCUT2D eigenvalue weighted by atomic mass is 16.2. The third kappa shape index (κ3) is 5.75. The summed E-state index contributed by atoms with van der Waals surface area (Å²) in [6.45, 7) is 1.83. The molecule has 0 bridgehead atoms. The van der Waals surface area contributed by atoms with Crippen molar-refractivity contribution in [2.45, 2.75) is 13.1 Å². The van der Waals surface area contributed by atoms with E-state index in [-0.39, 0.29) is 5.91 Å². The van der Waals surface area contributed by atoms with Gasteiger partial charge in [-0.05, 0) is 37.4 Å². The van der Waals surface area contributed by atoms with Crippen molar-refractivity contribution in [3.05, 3.63) is 65.7 Å². The maximum atomic E-state index is 12.1. The first kappa shape index (κ1) is 17.0. The Kier molecular flexibility index (Phi) is 6.18. The van der Waals surface area contributed by atoms with Crippen LogP contribution < -0.4 is 10.2 Å². The quantitative estimate of drug-likeness (QED) is 0.853. The molecule has 0 atom stereocenters. The number of nitrogens with one attached hydrogen (secondary N) is 1. The number of para-hydroxylation sites is 1. The SMILES string of the molecule is CN(C)Cc1ccc(CNC(=O)CN(C)c2ccccc2)cc1. The molecular formula is C19H25N3O. The van der Waals surface area contributed by atoms with Crippen molar-refractivity contribution in [2.24, 2.45) is 0 Å². The molecule has 122 valence electrons. The van der Waals surface area contributed by atoms with Crippen molar-refractivity contribution < 1.29 is 4.79 Å². The van der Waals surface area contributed by atoms with Crippen LogP contribution in [0.15, 0.2) is 54.6 Å². The molecule has 1 amide bonds. The van der Waals surface area contributed by atoms with E-state index < -0.39 is 0 Å². The molecule has 0 saturated carbocycles. The predicted octanol–water partition coefficient (Wildman–Crippen LogP) is 2.50. The van der Waals surface area contributed by atoms with Gasteiger partial charge in [0, 0.05) is 25.8 Å². The van der Waals surface area contributed by atoms with Gasteiger partial charge in [0.2, 0.25) is 5.91 Å². The largest absolute Gasteiger partial charge is 0.365 e. The van der Waals surface area contributed by atoms with Gasteiger partial charge in [0.05, 0.1) is 6.54 Å². The number of carbonyl (C=O) groups excluding carboxylic acids is 1. The zero-order valence-corrected chi connectivity index (χ0v) is 14.1. The molecule has 0 aliphatic rings. The minimum Gasteiger partial charge on any atom is -0.365 e. The van der Waals surface area contributed by atoms with E-state index in [9.17, 15) is 4.79 Å². The Balaban J connectivity index is 1.80. The highest BCUT2D eigenvalue weighted by Crippen LogP contribution is 2.10. The monoisotopic (exact) mass is 311 g/mol. The zero-order chi connectivity index (χ0) is 16.7. The molecule has 4 nitrogen and oxygen atoms in total. The first-order valence-corrected chi connectivity index (χ1v) is 7.80. The first-order valence-electron chi connectivity index (χ1n) is 7.80. The van der Waals surface area contributed by atoms with Crippen LogP contribution in [0.25, 0.3) is 0 Å². The van der Waals surface area contributed by atoms with Gasteiger partial charge >= 0.3 is 0 Å². The lowest BCUT2D eigenvalue weighted by atomic mass is 10.1. The van der Waals surface area contributed by atoms with Crippen molar-refractivity contribution in [1.82, 2.24) is 10.2 Å². The Labute approximate surface area is 138 Å². The molecule has 0 fully saturated rings. The summed E-state index contributed by atoms with van der Waals surface area (Å²) in [5, 5.41) is 2.97. The molecule has 0 spiro atoms. The highest BCUT2D eigenvalue weighted by Gasteiger charge is 2.07. The van der Waals surface area contributed by atoms with E-state index >= 15 is 0 Å². The minimum atomic E-state index is 0.0220. The van der Waals surface area contributed by atoms with E-state index in [1.165, 1.54) is 5.56 Å². The van der Waals surface area contributed by atoms with Gasteiger partial charge < -0.3 is 15.1 Å². The van der Waals surface area contributed by atoms with Crippen molar-refractivity contribution in [3.8, 4) is 0 Å². The lowest BCUT2D eigenvalue weighted by molar-refractivity contribution is -0.119. The van der Waals surface area contributed by atoms with Crippen molar-refractivity contribution >= 4 is 11.6 Å². The van der Waals surface area contributed by atoms with Crippen LogP contribution in [0.2, 0.25) is 0 Å². The van der Waals surface area contributed by atoms with Gasteiger partial charge in [-0.25, -0.2) is 0 Å². The fourth-order valence-electron chi connectivity index (χ4n) is 2.37. The Morgan fingerprint density at radius 1 is 0.913 bits per heavy atom. The van der Waals surface area contributed by atoms with Gasteiger partial charge in [0.1, 0.15) is 0 Å². The third-order valence-corrected chi connectivity index (χ3v) is 3.59. The van der Waals surface area contributed by atoms with E-state index in [1.807, 2.05) is 42.3 Å². The van der Waals surface area contributed by atoms with Crippen LogP contribution in [0.3, 0.4) is 0 Å². The Morgan fingerprint density at radius 3 is 2.13 bits per heavy atom. The number of nitrogens with zero attached hydrogens (tertiary/aromatic N) is 2. The molecule has 2 aromatic carbocycles. The molecule has 0 saturated heterocycles. The van der Waals surface area contributed by atoms with Crippen LogP contribution in [0.5, 0.6) is 0 Å². The molecule has 0 radical (unpaired) electrons. The summed E-state index contributed by atoms with van der Waals surface area (Å²) in [5.74, 6) is 0.0220. The second-order valence-electron chi connectivity index (χ2n) is 6.02. The van der Waals surface area contributed by atoms with E-state index in [1.54, 1.807) is 0 Å². The molecule has 4 heteroatoms. The van der Waals surface area contributed by atoms with Gasteiger partial charge in [-0.3, -0.25) is 4.79 Å². The highest BCUT2D eigenvalue weighted by molar-refractivity contribution is 5.81. The number of carbonyl (C=O) groups is 1. The summed E-state index contributed by atoms with van der Waals surface area (Å²) in [6, 6.07) is 18.3. The van der Waals surface area contributed by atoms with Crippen LogP contribution in [-0.4, -0.2) is 38.5 Å². The average Bonchev–Trinajstić information content (AvgIpc) is 2.54. The lowest BCUT2D eigenvalue weighted by Crippen LogP contribution is -2.34. The Hall–Kier alpha value is -2.33. The molecule has 0 aliphatic heterocycles. The topological polar surface area (TPSA) is 35.6 Å². The lowest BCUT2D eigenvalue weighted by Gasteiger charge is -2.18. The average molecular weight is 311 g/mol. The summed E-state index contributed by atoms with van der Waals surface area (Å²) in [4.78, 5) is 16.1. The van der Waals surface area contributed by atoms with E-state index in [0.717, 1.165) is 17.8 Å². The van der Waals surface area contributed by atoms with Gasteiger partial charge in [0.25, 0.3) is 0 Å². The fraction of sp³-hybridized carbons (Fsp3) is 0.316. The van der Waals surface area contributed by atoms with E-state index in [2.05, 4.69) is 48.6 Å². The number of rotatable bonds is 7. The van der Waals surface area contributed by atoms with Gasteiger partial charge in [-0.2, -0.15) is 0 Å². The van der Waals surface area contributed by atoms with Crippen LogP contribution in [0.1, 0.15) is 11.1 Å². The normalized spacial score (nSPS) is 10.6. The molecule has 0 unspecified atom stereocenters. The molecule has 0 aromatic heterocycles. The minimum absolute atomic E-state index is 0.0220. The number of hydrogen-bond donors (Lipinski definition) is 1. The van der Waals surface area contributed by atoms with Crippen LogP contribution >= 0.6 is 0 Å². The number of hydrogen-bond acceptors (Lipinski definition) is 3. The second-order valence-corrected chi connectivity index (χ2v) is 6.02. The second kappa shape index (κ2) is 8.34. The van der Waals surface area contributed by atoms with Gasteiger partial charge in [0.15, 0.2) is 0 Å². The molecule has 23 heavy (non-hydrogen) atoms. The maximum absolute atomic E-state index is 12.1. The smallest absolute Gasteiger partial charge is 0.239 e. The molecule has 2 aromatic rings. The number of likely N-dealkylation sites (N-methyl/N-ethyl adjacent to an activating group) is 1. The van der Waals surface area contributed by atoms with Crippen molar-refractivity contribution in [1.29, 1.82) is 0 Å². The molecule has 2 rings (SSSR count). The van der Waals surface area contributed by atoms with Crippen molar-refractivity contribution in [3.63, 3.8) is 0 Å². The standard InChI is InChI=1S/C19H25N3O/c1-21(2)14-17-11-9-16(10-12-17)13-20-19(23)15-22(3)18-7-5-4-6-8-18/h4-12H,13-15H2,1-3H3,(H,20,23). The van der Waals surface area contributed by atoms with E-state index in [0.29, 0.717) is 13.1 Å². The fourth-order valence-corrected chi connectivity index (χ4v) is 2.37. The Bertz CT molecular complexity index is 608. The summed E-state index contributed by atoms with van der Waals surface area (Å²) in [7, 11) is 6.03. The third-order valence-electron chi connectivity index (χ3n) is 3.59. The molecular weight excluding hydrogens is 286 g/mol. The van der Waals surface area contributed by atoms with Crippen LogP contribution in [-0.2, 0) is 17.9 Å². The maximum Gasteiger partial charge on any atom is 0.239 e. The molecule has 0 aliphatic carbocycles. The van der Waals surface area contributed by atoms with E-state index in [4.69, 9.17) is 0 Å². The van der Waals surface area contributed by atoms with Crippen LogP contribution in [0, 0.1) is 0 Å². The van der Waals surface area contributed by atoms with Gasteiger partial charge in [-0.1, -0.05) is 42.5 Å². The number of amides is 1. The van der Waals surface area contributed by atoms with Crippen molar-refractivity contribution in [2.75, 3.05) is 32.6 Å². The number of benzene rings is 2. The zero-order valence-electron chi connectivity index (χ0n) is 14.1. The summed E-state index contributed by atoms with van der Waals surface area (Å²) in [6.07, 6.45) is 0. The molecule has 0 heterocycles. The first-order chi connectivity index (χ1) is 11.0. The number of anilines is 1. The van der Waals surface area contributed by atoms with Gasteiger partial charge in [-0.15, -0.1) is 0 Å².